The number of nitrogens with zero attached hydrogens (tertiary/aromatic N) is 3. The van der Waals surface area contributed by atoms with Gasteiger partial charge in [-0.05, 0) is 43.0 Å². The number of thioether (sulfide) groups is 1. The molecule has 0 saturated carbocycles. The summed E-state index contributed by atoms with van der Waals surface area (Å²) in [6, 6.07) is 16.2. The third kappa shape index (κ3) is 5.39. The number of aromatic nitrogens is 3. The molecular weight excluding hydrogens is 392 g/mol. The number of carbonyl (C=O) groups excluding carboxylic acids is 1. The maximum absolute atomic E-state index is 12.4. The number of aryl methyl sites for hydroxylation is 1. The first-order chi connectivity index (χ1) is 14.5. The number of hydrogen-bond donors (Lipinski definition) is 1. The van der Waals surface area contributed by atoms with E-state index in [0.29, 0.717) is 17.6 Å². The fourth-order valence-electron chi connectivity index (χ4n) is 3.14. The van der Waals surface area contributed by atoms with E-state index in [4.69, 9.17) is 0 Å². The minimum absolute atomic E-state index is 0.0680. The molecule has 6 heteroatoms. The molecule has 1 aromatic heterocycles. The summed E-state index contributed by atoms with van der Waals surface area (Å²) < 4.78 is 1.99. The second-order valence-electron chi connectivity index (χ2n) is 7.34. The Morgan fingerprint density at radius 3 is 2.67 bits per heavy atom. The first-order valence-electron chi connectivity index (χ1n) is 10.2. The van der Waals surface area contributed by atoms with Crippen molar-refractivity contribution in [2.75, 3.05) is 11.1 Å². The highest BCUT2D eigenvalue weighted by Crippen LogP contribution is 2.25. The van der Waals surface area contributed by atoms with Crippen molar-refractivity contribution in [1.29, 1.82) is 0 Å². The molecule has 0 aliphatic heterocycles. The summed E-state index contributed by atoms with van der Waals surface area (Å²) in [5.41, 5.74) is 4.25. The second-order valence-corrected chi connectivity index (χ2v) is 8.29. The minimum Gasteiger partial charge on any atom is -0.325 e. The van der Waals surface area contributed by atoms with Gasteiger partial charge < -0.3 is 5.32 Å². The van der Waals surface area contributed by atoms with E-state index in [0.717, 1.165) is 29.1 Å². The number of benzene rings is 2. The van der Waals surface area contributed by atoms with E-state index in [2.05, 4.69) is 54.1 Å². The van der Waals surface area contributed by atoms with Crippen molar-refractivity contribution in [3.63, 3.8) is 0 Å². The van der Waals surface area contributed by atoms with Gasteiger partial charge in [0.2, 0.25) is 5.91 Å². The van der Waals surface area contributed by atoms with E-state index in [1.54, 1.807) is 0 Å². The molecule has 0 aliphatic rings. The molecular formula is C24H28N4OS. The number of nitrogens with one attached hydrogen (secondary N) is 1. The van der Waals surface area contributed by atoms with Crippen LogP contribution in [0.3, 0.4) is 0 Å². The summed E-state index contributed by atoms with van der Waals surface area (Å²) in [6.07, 6.45) is 2.91. The predicted molar refractivity (Wildman–Crippen MR) is 125 cm³/mol. The Morgan fingerprint density at radius 1 is 1.23 bits per heavy atom. The van der Waals surface area contributed by atoms with E-state index >= 15 is 0 Å². The third-order valence-corrected chi connectivity index (χ3v) is 5.98. The summed E-state index contributed by atoms with van der Waals surface area (Å²) in [5, 5.41) is 12.3. The Morgan fingerprint density at radius 2 is 2.00 bits per heavy atom. The van der Waals surface area contributed by atoms with Crippen LogP contribution in [0.15, 0.2) is 66.3 Å². The first-order valence-corrected chi connectivity index (χ1v) is 11.1. The van der Waals surface area contributed by atoms with Crippen molar-refractivity contribution in [3.8, 4) is 11.4 Å². The lowest BCUT2D eigenvalue weighted by Gasteiger charge is -2.11. The lowest BCUT2D eigenvalue weighted by molar-refractivity contribution is -0.113. The van der Waals surface area contributed by atoms with Crippen LogP contribution in [0, 0.1) is 6.92 Å². The van der Waals surface area contributed by atoms with Crippen LogP contribution in [-0.2, 0) is 11.3 Å². The largest absolute Gasteiger partial charge is 0.325 e. The quantitative estimate of drug-likeness (QED) is 0.357. The van der Waals surface area contributed by atoms with Gasteiger partial charge in [-0.1, -0.05) is 67.6 Å². The maximum Gasteiger partial charge on any atom is 0.234 e. The molecule has 3 rings (SSSR count). The average Bonchev–Trinajstić information content (AvgIpc) is 3.15. The molecule has 156 valence electrons. The van der Waals surface area contributed by atoms with Crippen LogP contribution in [0.1, 0.15) is 37.3 Å². The molecule has 3 aromatic rings. The van der Waals surface area contributed by atoms with Crippen molar-refractivity contribution < 1.29 is 4.79 Å². The van der Waals surface area contributed by atoms with Crippen molar-refractivity contribution >= 4 is 23.4 Å². The SMILES string of the molecule is C=CCn1c(SCC(=O)Nc2ccc([C@@H](C)CC)cc2)nnc1-c1cccc(C)c1. The lowest BCUT2D eigenvalue weighted by Crippen LogP contribution is -2.14. The molecule has 0 bridgehead atoms. The highest BCUT2D eigenvalue weighted by molar-refractivity contribution is 7.99. The van der Waals surface area contributed by atoms with Crippen molar-refractivity contribution in [2.24, 2.45) is 0 Å². The maximum atomic E-state index is 12.4. The average molecular weight is 421 g/mol. The van der Waals surface area contributed by atoms with Gasteiger partial charge in [0.1, 0.15) is 0 Å². The molecule has 0 fully saturated rings. The van der Waals surface area contributed by atoms with Gasteiger partial charge in [0.05, 0.1) is 5.75 Å². The fraction of sp³-hybridized carbons (Fsp3) is 0.292. The van der Waals surface area contributed by atoms with Crippen molar-refractivity contribution in [2.45, 2.75) is 44.8 Å². The number of rotatable bonds is 9. The van der Waals surface area contributed by atoms with Gasteiger partial charge in [0, 0.05) is 17.8 Å². The molecule has 1 N–H and O–H groups in total. The molecule has 2 aromatic carbocycles. The Balaban J connectivity index is 1.66. The van der Waals surface area contributed by atoms with Gasteiger partial charge in [-0.3, -0.25) is 9.36 Å². The van der Waals surface area contributed by atoms with Gasteiger partial charge >= 0.3 is 0 Å². The molecule has 30 heavy (non-hydrogen) atoms. The van der Waals surface area contributed by atoms with Crippen LogP contribution in [-0.4, -0.2) is 26.4 Å². The summed E-state index contributed by atoms with van der Waals surface area (Å²) in [6.45, 7) is 10.8. The minimum atomic E-state index is -0.0680. The molecule has 1 atom stereocenters. The van der Waals surface area contributed by atoms with Gasteiger partial charge in [-0.15, -0.1) is 16.8 Å². The number of allylic oxidation sites excluding steroid dienone is 1. The number of anilines is 1. The Hall–Kier alpha value is -2.86. The Bertz CT molecular complexity index is 1010. The summed E-state index contributed by atoms with van der Waals surface area (Å²) in [7, 11) is 0. The molecule has 0 spiro atoms. The summed E-state index contributed by atoms with van der Waals surface area (Å²) >= 11 is 1.38. The normalized spacial score (nSPS) is 11.8. The van der Waals surface area contributed by atoms with Crippen LogP contribution in [0.5, 0.6) is 0 Å². The molecule has 5 nitrogen and oxygen atoms in total. The van der Waals surface area contributed by atoms with Gasteiger partial charge in [-0.2, -0.15) is 0 Å². The monoisotopic (exact) mass is 420 g/mol. The molecule has 1 heterocycles. The van der Waals surface area contributed by atoms with E-state index in [1.807, 2.05) is 47.9 Å². The smallest absolute Gasteiger partial charge is 0.234 e. The van der Waals surface area contributed by atoms with E-state index in [9.17, 15) is 4.79 Å². The zero-order valence-corrected chi connectivity index (χ0v) is 18.6. The Labute approximate surface area is 182 Å². The van der Waals surface area contributed by atoms with Crippen LogP contribution in [0.25, 0.3) is 11.4 Å². The molecule has 1 amide bonds. The molecule has 0 aliphatic carbocycles. The van der Waals surface area contributed by atoms with Crippen LogP contribution in [0.4, 0.5) is 5.69 Å². The summed E-state index contributed by atoms with van der Waals surface area (Å²) in [5.74, 6) is 1.49. The number of carbonyl (C=O) groups is 1. The molecule has 0 unspecified atom stereocenters. The highest BCUT2D eigenvalue weighted by Gasteiger charge is 2.15. The van der Waals surface area contributed by atoms with E-state index in [-0.39, 0.29) is 11.7 Å². The van der Waals surface area contributed by atoms with Gasteiger partial charge in [0.25, 0.3) is 0 Å². The van der Waals surface area contributed by atoms with Crippen LogP contribution < -0.4 is 5.32 Å². The third-order valence-electron chi connectivity index (χ3n) is 5.01. The first kappa shape index (κ1) is 21.8. The predicted octanol–water partition coefficient (Wildman–Crippen LogP) is 5.68. The van der Waals surface area contributed by atoms with Crippen LogP contribution in [0.2, 0.25) is 0 Å². The zero-order valence-electron chi connectivity index (χ0n) is 17.8. The van der Waals surface area contributed by atoms with E-state index in [1.165, 1.54) is 17.3 Å². The topological polar surface area (TPSA) is 59.8 Å². The Kier molecular flexibility index (Phi) is 7.46. The summed E-state index contributed by atoms with van der Waals surface area (Å²) in [4.78, 5) is 12.4. The van der Waals surface area contributed by atoms with Crippen molar-refractivity contribution in [1.82, 2.24) is 14.8 Å². The van der Waals surface area contributed by atoms with Gasteiger partial charge in [-0.25, -0.2) is 0 Å². The second kappa shape index (κ2) is 10.3. The highest BCUT2D eigenvalue weighted by atomic mass is 32.2. The van der Waals surface area contributed by atoms with E-state index < -0.39 is 0 Å². The zero-order chi connectivity index (χ0) is 21.5. The standard InChI is InChI=1S/C24H28N4OS/c1-5-14-28-23(20-9-7-8-17(3)15-20)26-27-24(28)30-16-22(29)25-21-12-10-19(11-13-21)18(4)6-2/h5,7-13,15,18H,1,6,14,16H2,2-4H3,(H,25,29)/t18-/m0/s1. The van der Waals surface area contributed by atoms with Crippen molar-refractivity contribution in [3.05, 3.63) is 72.3 Å². The molecule has 0 radical (unpaired) electrons. The van der Waals surface area contributed by atoms with Gasteiger partial charge in [0.15, 0.2) is 11.0 Å². The van der Waals surface area contributed by atoms with Crippen LogP contribution >= 0.6 is 11.8 Å². The number of hydrogen-bond acceptors (Lipinski definition) is 4. The fourth-order valence-corrected chi connectivity index (χ4v) is 3.89. The molecule has 0 saturated heterocycles. The lowest BCUT2D eigenvalue weighted by atomic mass is 9.99. The number of amides is 1.